The van der Waals surface area contributed by atoms with Crippen molar-refractivity contribution in [3.63, 3.8) is 0 Å². The molecule has 4 aliphatic rings. The quantitative estimate of drug-likeness (QED) is 0.345. The Labute approximate surface area is 192 Å². The Bertz CT molecular complexity index is 651. The summed E-state index contributed by atoms with van der Waals surface area (Å²) in [4.78, 5) is 0. The first-order chi connectivity index (χ1) is 14.6. The summed E-state index contributed by atoms with van der Waals surface area (Å²) in [5.74, 6) is 5.23. The van der Waals surface area contributed by atoms with Crippen molar-refractivity contribution in [2.45, 2.75) is 125 Å². The number of fused-ring (bicyclic) bond motifs is 5. The van der Waals surface area contributed by atoms with Crippen LogP contribution in [-0.4, -0.2) is 17.5 Å². The summed E-state index contributed by atoms with van der Waals surface area (Å²) in [5, 5.41) is 9.71. The lowest BCUT2D eigenvalue weighted by Gasteiger charge is -2.61. The van der Waals surface area contributed by atoms with E-state index >= 15 is 0 Å². The van der Waals surface area contributed by atoms with E-state index < -0.39 is 6.29 Å². The Morgan fingerprint density at radius 2 is 1.68 bits per heavy atom. The maximum absolute atomic E-state index is 9.71. The second-order valence-electron chi connectivity index (χ2n) is 12.9. The second kappa shape index (κ2) is 9.13. The molecule has 4 saturated carbocycles. The van der Waals surface area contributed by atoms with Gasteiger partial charge in [-0.1, -0.05) is 39.3 Å². The van der Waals surface area contributed by atoms with Crippen molar-refractivity contribution in [1.82, 2.24) is 0 Å². The number of ether oxygens (including phenoxy) is 1. The third-order valence-electron chi connectivity index (χ3n) is 10.8. The molecule has 1 N–H and O–H groups in total. The molecular weight excluding hydrogens is 380 g/mol. The van der Waals surface area contributed by atoms with Crippen LogP contribution >= 0.6 is 0 Å². The Balaban J connectivity index is 1.46. The van der Waals surface area contributed by atoms with Crippen LogP contribution in [0.15, 0.2) is 11.6 Å². The molecule has 4 fully saturated rings. The molecule has 0 aromatic heterocycles. The van der Waals surface area contributed by atoms with Gasteiger partial charge in [-0.3, -0.25) is 0 Å². The van der Waals surface area contributed by atoms with E-state index in [2.05, 4.69) is 40.7 Å². The van der Waals surface area contributed by atoms with Crippen molar-refractivity contribution in [1.29, 1.82) is 0 Å². The zero-order valence-electron chi connectivity index (χ0n) is 21.3. The molecular formula is C29H50O2. The lowest BCUT2D eigenvalue weighted by molar-refractivity contribution is -0.174. The van der Waals surface area contributed by atoms with Crippen LogP contribution in [0.5, 0.6) is 0 Å². The summed E-state index contributed by atoms with van der Waals surface area (Å²) < 4.78 is 5.84. The highest BCUT2D eigenvalue weighted by molar-refractivity contribution is 5.17. The third kappa shape index (κ3) is 4.42. The molecule has 4 rings (SSSR count). The molecule has 0 saturated heterocycles. The average Bonchev–Trinajstić information content (AvgIpc) is 3.05. The largest absolute Gasteiger partial charge is 0.368 e. The van der Waals surface area contributed by atoms with E-state index in [0.717, 1.165) is 41.9 Å². The van der Waals surface area contributed by atoms with Gasteiger partial charge in [-0.15, -0.1) is 0 Å². The molecule has 0 bridgehead atoms. The standard InChI is InChI=1S/C29H50O2/c1-19(2)8-7-9-20(3)25-12-13-26-24-11-10-22-18-23(31-21(4)30)14-16-28(22,5)27(24)15-17-29(25,26)6/h9,19,21-27,30H,7-8,10-18H2,1-6H3/b20-9+/t21?,22?,23-,24-,25+,26-,27-,28-,29+/m0/s1. The SMILES string of the molecule is C/C(=C\CCC(C)C)[C@H]1CC[C@H]2[C@@H]3CCC4C[C@@H](OC(C)O)CC[C@]4(C)[C@H]3CC[C@]12C. The molecule has 2 heteroatoms. The first-order valence-electron chi connectivity index (χ1n) is 13.6. The Hall–Kier alpha value is -0.340. The lowest BCUT2D eigenvalue weighted by Crippen LogP contribution is -2.54. The number of rotatable bonds is 6. The summed E-state index contributed by atoms with van der Waals surface area (Å²) in [6.45, 7) is 14.2. The van der Waals surface area contributed by atoms with Gasteiger partial charge in [0.15, 0.2) is 6.29 Å². The fraction of sp³-hybridized carbons (Fsp3) is 0.931. The van der Waals surface area contributed by atoms with Gasteiger partial charge < -0.3 is 9.84 Å². The lowest BCUT2D eigenvalue weighted by atomic mass is 9.44. The van der Waals surface area contributed by atoms with Crippen LogP contribution in [0.3, 0.4) is 0 Å². The van der Waals surface area contributed by atoms with Gasteiger partial charge >= 0.3 is 0 Å². The van der Waals surface area contributed by atoms with Gasteiger partial charge in [0.25, 0.3) is 0 Å². The molecule has 2 unspecified atom stereocenters. The Morgan fingerprint density at radius 3 is 2.39 bits per heavy atom. The predicted octanol–water partition coefficient (Wildman–Crippen LogP) is 7.75. The van der Waals surface area contributed by atoms with Gasteiger partial charge in [0.2, 0.25) is 0 Å². The maximum atomic E-state index is 9.71. The summed E-state index contributed by atoms with van der Waals surface area (Å²) in [6.07, 6.45) is 17.1. The van der Waals surface area contributed by atoms with Crippen LogP contribution in [0.1, 0.15) is 112 Å². The van der Waals surface area contributed by atoms with Crippen LogP contribution in [-0.2, 0) is 4.74 Å². The molecule has 0 heterocycles. The van der Waals surface area contributed by atoms with Crippen molar-refractivity contribution < 1.29 is 9.84 Å². The van der Waals surface area contributed by atoms with Gasteiger partial charge in [0, 0.05) is 0 Å². The number of allylic oxidation sites excluding steroid dienone is 2. The van der Waals surface area contributed by atoms with Crippen molar-refractivity contribution in [2.75, 3.05) is 0 Å². The van der Waals surface area contributed by atoms with E-state index in [1.807, 2.05) is 0 Å². The first kappa shape index (κ1) is 23.8. The van der Waals surface area contributed by atoms with E-state index in [-0.39, 0.29) is 6.10 Å². The zero-order chi connectivity index (χ0) is 22.4. The van der Waals surface area contributed by atoms with E-state index in [1.165, 1.54) is 64.2 Å². The summed E-state index contributed by atoms with van der Waals surface area (Å²) in [6, 6.07) is 0. The molecule has 2 nitrogen and oxygen atoms in total. The number of aliphatic hydroxyl groups is 1. The highest BCUT2D eigenvalue weighted by Gasteiger charge is 2.60. The molecule has 0 aromatic carbocycles. The average molecular weight is 431 g/mol. The number of hydrogen-bond donors (Lipinski definition) is 1. The maximum Gasteiger partial charge on any atom is 0.152 e. The van der Waals surface area contributed by atoms with E-state index in [0.29, 0.717) is 10.8 Å². The Kier molecular flexibility index (Phi) is 7.01. The molecule has 0 radical (unpaired) electrons. The Morgan fingerprint density at radius 1 is 0.968 bits per heavy atom. The van der Waals surface area contributed by atoms with Crippen molar-refractivity contribution >= 4 is 0 Å². The molecule has 0 amide bonds. The molecule has 31 heavy (non-hydrogen) atoms. The first-order valence-corrected chi connectivity index (χ1v) is 13.6. The summed E-state index contributed by atoms with van der Waals surface area (Å²) >= 11 is 0. The van der Waals surface area contributed by atoms with Crippen LogP contribution in [0.2, 0.25) is 0 Å². The minimum absolute atomic E-state index is 0.276. The van der Waals surface area contributed by atoms with Gasteiger partial charge in [0.05, 0.1) is 6.10 Å². The number of hydrogen-bond acceptors (Lipinski definition) is 2. The molecule has 0 aliphatic heterocycles. The molecule has 4 aliphatic carbocycles. The molecule has 178 valence electrons. The van der Waals surface area contributed by atoms with Crippen molar-refractivity contribution in [3.05, 3.63) is 11.6 Å². The van der Waals surface area contributed by atoms with Gasteiger partial charge in [0.1, 0.15) is 0 Å². The normalized spacial score (nSPS) is 46.4. The predicted molar refractivity (Wildman–Crippen MR) is 130 cm³/mol. The topological polar surface area (TPSA) is 29.5 Å². The van der Waals surface area contributed by atoms with E-state index in [1.54, 1.807) is 12.5 Å². The van der Waals surface area contributed by atoms with E-state index in [9.17, 15) is 5.11 Å². The minimum atomic E-state index is -0.617. The smallest absolute Gasteiger partial charge is 0.152 e. The van der Waals surface area contributed by atoms with Crippen LogP contribution in [0, 0.1) is 46.3 Å². The van der Waals surface area contributed by atoms with Gasteiger partial charge in [-0.25, -0.2) is 0 Å². The fourth-order valence-corrected chi connectivity index (χ4v) is 9.16. The third-order valence-corrected chi connectivity index (χ3v) is 10.8. The van der Waals surface area contributed by atoms with Crippen molar-refractivity contribution in [3.8, 4) is 0 Å². The number of aliphatic hydroxyl groups excluding tert-OH is 1. The molecule has 0 aromatic rings. The molecule has 9 atom stereocenters. The van der Waals surface area contributed by atoms with Crippen LogP contribution < -0.4 is 0 Å². The summed E-state index contributed by atoms with van der Waals surface area (Å²) in [7, 11) is 0. The van der Waals surface area contributed by atoms with Gasteiger partial charge in [-0.05, 0) is 131 Å². The van der Waals surface area contributed by atoms with E-state index in [4.69, 9.17) is 4.74 Å². The summed E-state index contributed by atoms with van der Waals surface area (Å²) in [5.41, 5.74) is 2.75. The monoisotopic (exact) mass is 430 g/mol. The highest BCUT2D eigenvalue weighted by Crippen LogP contribution is 2.68. The minimum Gasteiger partial charge on any atom is -0.368 e. The van der Waals surface area contributed by atoms with Gasteiger partial charge in [-0.2, -0.15) is 0 Å². The second-order valence-corrected chi connectivity index (χ2v) is 12.9. The van der Waals surface area contributed by atoms with Crippen LogP contribution in [0.25, 0.3) is 0 Å². The highest BCUT2D eigenvalue weighted by atomic mass is 16.6. The van der Waals surface area contributed by atoms with Crippen molar-refractivity contribution in [2.24, 2.45) is 46.3 Å². The van der Waals surface area contributed by atoms with Crippen LogP contribution in [0.4, 0.5) is 0 Å². The molecule has 0 spiro atoms. The fourth-order valence-electron chi connectivity index (χ4n) is 9.16. The zero-order valence-corrected chi connectivity index (χ0v) is 21.3.